The molecule has 0 fully saturated rings. The summed E-state index contributed by atoms with van der Waals surface area (Å²) >= 11 is 7.28. The van der Waals surface area contributed by atoms with Crippen LogP contribution in [0.15, 0.2) is 35.7 Å². The number of carbonyl (C=O) groups is 1. The van der Waals surface area contributed by atoms with E-state index in [1.807, 2.05) is 12.3 Å². The van der Waals surface area contributed by atoms with Gasteiger partial charge < -0.3 is 4.74 Å². The lowest BCUT2D eigenvalue weighted by Gasteiger charge is -2.03. The number of ketones is 1. The molecule has 0 unspecified atom stereocenters. The number of hydrogen-bond acceptors (Lipinski definition) is 3. The number of thiophene rings is 1. The van der Waals surface area contributed by atoms with Crippen molar-refractivity contribution in [1.82, 2.24) is 0 Å². The minimum Gasteiger partial charge on any atom is -0.494 e. The summed E-state index contributed by atoms with van der Waals surface area (Å²) in [6.07, 6.45) is 0. The van der Waals surface area contributed by atoms with Gasteiger partial charge in [0.1, 0.15) is 5.75 Å². The van der Waals surface area contributed by atoms with E-state index < -0.39 is 0 Å². The zero-order valence-corrected chi connectivity index (χ0v) is 10.8. The van der Waals surface area contributed by atoms with Gasteiger partial charge in [-0.2, -0.15) is 0 Å². The molecular weight excluding hydrogens is 256 g/mol. The van der Waals surface area contributed by atoms with Gasteiger partial charge in [-0.1, -0.05) is 11.6 Å². The van der Waals surface area contributed by atoms with Gasteiger partial charge in [-0.15, -0.1) is 11.3 Å². The SMILES string of the molecule is CCOc1ccc(C(=O)c2sccc2Cl)cc1. The molecule has 0 spiro atoms. The molecule has 0 aliphatic heterocycles. The fraction of sp³-hybridized carbons (Fsp3) is 0.154. The summed E-state index contributed by atoms with van der Waals surface area (Å²) in [5, 5.41) is 2.32. The average Bonchev–Trinajstić information content (AvgIpc) is 2.76. The monoisotopic (exact) mass is 266 g/mol. The Labute approximate surface area is 109 Å². The van der Waals surface area contributed by atoms with Crippen molar-refractivity contribution in [2.45, 2.75) is 6.92 Å². The van der Waals surface area contributed by atoms with Gasteiger partial charge in [0.15, 0.2) is 0 Å². The Kier molecular flexibility index (Phi) is 3.82. The third-order valence-corrected chi connectivity index (χ3v) is 3.59. The summed E-state index contributed by atoms with van der Waals surface area (Å²) in [6, 6.07) is 8.82. The molecule has 88 valence electrons. The molecule has 0 bridgehead atoms. The van der Waals surface area contributed by atoms with Crippen LogP contribution in [0.1, 0.15) is 22.2 Å². The van der Waals surface area contributed by atoms with Crippen molar-refractivity contribution in [3.05, 3.63) is 51.2 Å². The molecule has 2 aromatic rings. The van der Waals surface area contributed by atoms with Crippen molar-refractivity contribution in [3.8, 4) is 5.75 Å². The van der Waals surface area contributed by atoms with Crippen molar-refractivity contribution in [2.24, 2.45) is 0 Å². The largest absolute Gasteiger partial charge is 0.494 e. The van der Waals surface area contributed by atoms with Crippen LogP contribution in [0.4, 0.5) is 0 Å². The van der Waals surface area contributed by atoms with E-state index in [2.05, 4.69) is 0 Å². The van der Waals surface area contributed by atoms with Crippen LogP contribution in [0, 0.1) is 0 Å². The zero-order valence-electron chi connectivity index (χ0n) is 9.27. The van der Waals surface area contributed by atoms with E-state index in [0.29, 0.717) is 22.1 Å². The fourth-order valence-corrected chi connectivity index (χ4v) is 2.56. The van der Waals surface area contributed by atoms with E-state index in [0.717, 1.165) is 5.75 Å². The number of rotatable bonds is 4. The Balaban J connectivity index is 2.23. The molecule has 2 nitrogen and oxygen atoms in total. The number of ether oxygens (including phenoxy) is 1. The van der Waals surface area contributed by atoms with Crippen LogP contribution in [0.5, 0.6) is 5.75 Å². The Morgan fingerprint density at radius 3 is 2.53 bits per heavy atom. The number of hydrogen-bond donors (Lipinski definition) is 0. The van der Waals surface area contributed by atoms with E-state index in [1.165, 1.54) is 11.3 Å². The predicted molar refractivity (Wildman–Crippen MR) is 70.4 cm³/mol. The van der Waals surface area contributed by atoms with Crippen LogP contribution in [0.3, 0.4) is 0 Å². The van der Waals surface area contributed by atoms with E-state index in [4.69, 9.17) is 16.3 Å². The molecule has 0 radical (unpaired) electrons. The van der Waals surface area contributed by atoms with Crippen LogP contribution < -0.4 is 4.74 Å². The van der Waals surface area contributed by atoms with Crippen LogP contribution in [-0.4, -0.2) is 12.4 Å². The lowest BCUT2D eigenvalue weighted by molar-refractivity contribution is 0.104. The lowest BCUT2D eigenvalue weighted by Crippen LogP contribution is -1.99. The molecule has 0 saturated heterocycles. The van der Waals surface area contributed by atoms with E-state index in [9.17, 15) is 4.79 Å². The van der Waals surface area contributed by atoms with Gasteiger partial charge in [0.05, 0.1) is 16.5 Å². The third kappa shape index (κ3) is 2.68. The zero-order chi connectivity index (χ0) is 12.3. The molecule has 0 amide bonds. The Morgan fingerprint density at radius 1 is 1.29 bits per heavy atom. The predicted octanol–water partition coefficient (Wildman–Crippen LogP) is 4.03. The summed E-state index contributed by atoms with van der Waals surface area (Å²) in [4.78, 5) is 12.7. The highest BCUT2D eigenvalue weighted by atomic mass is 35.5. The van der Waals surface area contributed by atoms with Crippen molar-refractivity contribution in [3.63, 3.8) is 0 Å². The first-order valence-electron chi connectivity index (χ1n) is 5.23. The minimum atomic E-state index is -0.0481. The van der Waals surface area contributed by atoms with Gasteiger partial charge in [0, 0.05) is 5.56 Å². The van der Waals surface area contributed by atoms with Gasteiger partial charge in [0.25, 0.3) is 0 Å². The molecule has 1 aromatic carbocycles. The van der Waals surface area contributed by atoms with E-state index >= 15 is 0 Å². The molecule has 17 heavy (non-hydrogen) atoms. The quantitative estimate of drug-likeness (QED) is 0.781. The van der Waals surface area contributed by atoms with Gasteiger partial charge in [-0.3, -0.25) is 4.79 Å². The first-order valence-corrected chi connectivity index (χ1v) is 6.48. The van der Waals surface area contributed by atoms with Crippen molar-refractivity contribution < 1.29 is 9.53 Å². The molecule has 4 heteroatoms. The first kappa shape index (κ1) is 12.1. The highest BCUT2D eigenvalue weighted by molar-refractivity contribution is 7.13. The molecule has 1 aromatic heterocycles. The molecule has 0 saturated carbocycles. The minimum absolute atomic E-state index is 0.0481. The Bertz CT molecular complexity index is 516. The number of carbonyl (C=O) groups excluding carboxylic acids is 1. The standard InChI is InChI=1S/C13H11ClO2S/c1-2-16-10-5-3-9(4-6-10)12(15)13-11(14)7-8-17-13/h3-8H,2H2,1H3. The summed E-state index contributed by atoms with van der Waals surface area (Å²) in [5.74, 6) is 0.717. The smallest absolute Gasteiger partial charge is 0.204 e. The Hall–Kier alpha value is -1.32. The van der Waals surface area contributed by atoms with E-state index in [1.54, 1.807) is 30.3 Å². The maximum Gasteiger partial charge on any atom is 0.204 e. The molecule has 0 aliphatic rings. The third-order valence-electron chi connectivity index (χ3n) is 2.25. The van der Waals surface area contributed by atoms with Crippen LogP contribution in [-0.2, 0) is 0 Å². The molecule has 0 atom stereocenters. The summed E-state index contributed by atoms with van der Waals surface area (Å²) < 4.78 is 5.32. The van der Waals surface area contributed by atoms with Gasteiger partial charge >= 0.3 is 0 Å². The fourth-order valence-electron chi connectivity index (χ4n) is 1.46. The highest BCUT2D eigenvalue weighted by Crippen LogP contribution is 2.25. The van der Waals surface area contributed by atoms with Crippen molar-refractivity contribution in [2.75, 3.05) is 6.61 Å². The Morgan fingerprint density at radius 2 is 2.00 bits per heavy atom. The lowest BCUT2D eigenvalue weighted by atomic mass is 10.1. The molecular formula is C13H11ClO2S. The van der Waals surface area contributed by atoms with Gasteiger partial charge in [-0.25, -0.2) is 0 Å². The molecule has 0 N–H and O–H groups in total. The second kappa shape index (κ2) is 5.34. The molecule has 1 heterocycles. The van der Waals surface area contributed by atoms with Crippen LogP contribution in [0.25, 0.3) is 0 Å². The number of halogens is 1. The van der Waals surface area contributed by atoms with Crippen LogP contribution >= 0.6 is 22.9 Å². The second-order valence-corrected chi connectivity index (χ2v) is 4.71. The maximum atomic E-state index is 12.1. The van der Waals surface area contributed by atoms with Gasteiger partial charge in [0.2, 0.25) is 5.78 Å². The summed E-state index contributed by atoms with van der Waals surface area (Å²) in [5.41, 5.74) is 0.623. The van der Waals surface area contributed by atoms with Crippen molar-refractivity contribution >= 4 is 28.7 Å². The summed E-state index contributed by atoms with van der Waals surface area (Å²) in [7, 11) is 0. The van der Waals surface area contributed by atoms with Gasteiger partial charge in [-0.05, 0) is 42.6 Å². The van der Waals surface area contributed by atoms with Crippen molar-refractivity contribution in [1.29, 1.82) is 0 Å². The van der Waals surface area contributed by atoms with E-state index in [-0.39, 0.29) is 5.78 Å². The highest BCUT2D eigenvalue weighted by Gasteiger charge is 2.13. The molecule has 2 rings (SSSR count). The average molecular weight is 267 g/mol. The normalized spacial score (nSPS) is 10.2. The topological polar surface area (TPSA) is 26.3 Å². The maximum absolute atomic E-state index is 12.1. The summed E-state index contributed by atoms with van der Waals surface area (Å²) in [6.45, 7) is 2.54. The number of benzene rings is 1. The first-order chi connectivity index (χ1) is 8.22. The van der Waals surface area contributed by atoms with Crippen LogP contribution in [0.2, 0.25) is 5.02 Å². The molecule has 0 aliphatic carbocycles. The second-order valence-electron chi connectivity index (χ2n) is 3.38.